The second kappa shape index (κ2) is 2.51. The Hall–Kier alpha value is -0.0800. The van der Waals surface area contributed by atoms with Gasteiger partial charge in [0.2, 0.25) is 0 Å². The fraction of sp³-hybridized carbons (Fsp3) is 1.00. The van der Waals surface area contributed by atoms with Gasteiger partial charge in [0.1, 0.15) is 0 Å². The van der Waals surface area contributed by atoms with E-state index in [1.165, 1.54) is 19.3 Å². The summed E-state index contributed by atoms with van der Waals surface area (Å²) in [4.78, 5) is 0. The Morgan fingerprint density at radius 2 is 2.20 bits per heavy atom. The second-order valence-electron chi connectivity index (χ2n) is 3.21. The first-order valence-electron chi connectivity index (χ1n) is 4.06. The Morgan fingerprint density at radius 3 is 3.00 bits per heavy atom. The summed E-state index contributed by atoms with van der Waals surface area (Å²) in [5, 5.41) is 0. The molecule has 10 heavy (non-hydrogen) atoms. The van der Waals surface area contributed by atoms with Crippen LogP contribution in [0, 0.1) is 5.92 Å². The minimum atomic E-state index is 0.493. The van der Waals surface area contributed by atoms with Crippen LogP contribution in [0.4, 0.5) is 0 Å². The Kier molecular flexibility index (Phi) is 1.66. The van der Waals surface area contributed by atoms with Gasteiger partial charge in [-0.1, -0.05) is 0 Å². The quantitative estimate of drug-likeness (QED) is 0.547. The van der Waals surface area contributed by atoms with Gasteiger partial charge in [-0.25, -0.2) is 0 Å². The molecule has 1 aliphatic heterocycles. The van der Waals surface area contributed by atoms with Gasteiger partial charge in [0.25, 0.3) is 0 Å². The summed E-state index contributed by atoms with van der Waals surface area (Å²) in [6.45, 7) is 0.954. The van der Waals surface area contributed by atoms with Crippen LogP contribution in [0.3, 0.4) is 0 Å². The number of rotatable bonds is 1. The van der Waals surface area contributed by atoms with Crippen LogP contribution in [-0.4, -0.2) is 25.9 Å². The lowest BCUT2D eigenvalue weighted by atomic mass is 10.0. The van der Waals surface area contributed by atoms with Crippen LogP contribution in [0.1, 0.15) is 19.3 Å². The Bertz CT molecular complexity index is 124. The average Bonchev–Trinajstić information content (AvgIpc) is 2.44. The van der Waals surface area contributed by atoms with E-state index in [1.807, 2.05) is 7.11 Å². The molecule has 0 aromatic heterocycles. The van der Waals surface area contributed by atoms with Crippen molar-refractivity contribution in [3.8, 4) is 0 Å². The molecule has 0 aromatic carbocycles. The molecule has 0 N–H and O–H groups in total. The van der Waals surface area contributed by atoms with Crippen LogP contribution >= 0.6 is 0 Å². The van der Waals surface area contributed by atoms with Gasteiger partial charge < -0.3 is 9.47 Å². The van der Waals surface area contributed by atoms with E-state index in [-0.39, 0.29) is 0 Å². The Balaban J connectivity index is 2.01. The molecule has 0 amide bonds. The third kappa shape index (κ3) is 0.867. The molecule has 0 unspecified atom stereocenters. The van der Waals surface area contributed by atoms with E-state index in [4.69, 9.17) is 9.47 Å². The normalized spacial score (nSPS) is 45.9. The molecular formula is C8H14O2. The largest absolute Gasteiger partial charge is 0.381 e. The fourth-order valence-corrected chi connectivity index (χ4v) is 2.22. The topological polar surface area (TPSA) is 18.5 Å². The first-order valence-corrected chi connectivity index (χ1v) is 4.06. The number of ether oxygens (including phenoxy) is 2. The smallest absolute Gasteiger partial charge is 0.0629 e. The van der Waals surface area contributed by atoms with Crippen LogP contribution in [0.15, 0.2) is 0 Å². The third-order valence-electron chi connectivity index (χ3n) is 2.78. The van der Waals surface area contributed by atoms with E-state index in [0.717, 1.165) is 6.61 Å². The molecule has 0 bridgehead atoms. The minimum absolute atomic E-state index is 0.493. The predicted octanol–water partition coefficient (Wildman–Crippen LogP) is 1.20. The van der Waals surface area contributed by atoms with Gasteiger partial charge >= 0.3 is 0 Å². The molecule has 1 heterocycles. The van der Waals surface area contributed by atoms with Crippen molar-refractivity contribution in [3.05, 3.63) is 0 Å². The molecular weight excluding hydrogens is 128 g/mol. The summed E-state index contributed by atoms with van der Waals surface area (Å²) in [5.74, 6) is 0.713. The van der Waals surface area contributed by atoms with Crippen molar-refractivity contribution < 1.29 is 9.47 Å². The maximum atomic E-state index is 5.53. The third-order valence-corrected chi connectivity index (χ3v) is 2.78. The van der Waals surface area contributed by atoms with E-state index in [2.05, 4.69) is 0 Å². The highest BCUT2D eigenvalue weighted by molar-refractivity contribution is 4.89. The van der Waals surface area contributed by atoms with E-state index >= 15 is 0 Å². The number of fused-ring (bicyclic) bond motifs is 1. The van der Waals surface area contributed by atoms with E-state index < -0.39 is 0 Å². The summed E-state index contributed by atoms with van der Waals surface area (Å²) in [6, 6.07) is 0. The molecule has 2 fully saturated rings. The molecule has 1 saturated heterocycles. The van der Waals surface area contributed by atoms with Crippen LogP contribution in [0.2, 0.25) is 0 Å². The molecule has 2 rings (SSSR count). The van der Waals surface area contributed by atoms with E-state index in [0.29, 0.717) is 18.1 Å². The lowest BCUT2D eigenvalue weighted by molar-refractivity contribution is 0.0543. The first-order chi connectivity index (χ1) is 4.92. The van der Waals surface area contributed by atoms with Gasteiger partial charge in [-0.3, -0.25) is 0 Å². The van der Waals surface area contributed by atoms with Gasteiger partial charge in [-0.15, -0.1) is 0 Å². The summed E-state index contributed by atoms with van der Waals surface area (Å²) in [5.41, 5.74) is 0. The number of hydrogen-bond acceptors (Lipinski definition) is 2. The molecule has 0 spiro atoms. The van der Waals surface area contributed by atoms with Crippen LogP contribution < -0.4 is 0 Å². The van der Waals surface area contributed by atoms with Gasteiger partial charge in [-0.2, -0.15) is 0 Å². The van der Waals surface area contributed by atoms with Crippen molar-refractivity contribution in [3.63, 3.8) is 0 Å². The van der Waals surface area contributed by atoms with Crippen LogP contribution in [0.25, 0.3) is 0 Å². The summed E-state index contributed by atoms with van der Waals surface area (Å²) < 4.78 is 10.9. The Morgan fingerprint density at radius 1 is 1.30 bits per heavy atom. The zero-order valence-corrected chi connectivity index (χ0v) is 6.38. The summed E-state index contributed by atoms with van der Waals surface area (Å²) >= 11 is 0. The van der Waals surface area contributed by atoms with Crippen molar-refractivity contribution >= 4 is 0 Å². The molecule has 1 aliphatic carbocycles. The molecule has 2 nitrogen and oxygen atoms in total. The fourth-order valence-electron chi connectivity index (χ4n) is 2.22. The van der Waals surface area contributed by atoms with Crippen molar-refractivity contribution in [2.24, 2.45) is 5.92 Å². The van der Waals surface area contributed by atoms with Crippen LogP contribution in [0.5, 0.6) is 0 Å². The monoisotopic (exact) mass is 142 g/mol. The molecule has 2 heteroatoms. The Labute approximate surface area is 61.5 Å². The second-order valence-corrected chi connectivity index (χ2v) is 3.21. The maximum Gasteiger partial charge on any atom is 0.0629 e. The zero-order valence-electron chi connectivity index (χ0n) is 6.38. The standard InChI is InChI=1S/C8H14O2/c1-9-7-2-3-8-6(7)4-5-10-8/h6-8H,2-5H2,1H3/t6-,7-,8+/m0/s1. The van der Waals surface area contributed by atoms with Gasteiger partial charge in [0.15, 0.2) is 0 Å². The summed E-state index contributed by atoms with van der Waals surface area (Å²) in [7, 11) is 1.81. The molecule has 2 aliphatic rings. The van der Waals surface area contributed by atoms with Crippen LogP contribution in [-0.2, 0) is 9.47 Å². The van der Waals surface area contributed by atoms with Gasteiger partial charge in [0, 0.05) is 19.6 Å². The first kappa shape index (κ1) is 6.62. The molecule has 1 saturated carbocycles. The lowest BCUT2D eigenvalue weighted by Gasteiger charge is -2.14. The highest BCUT2D eigenvalue weighted by atomic mass is 16.5. The lowest BCUT2D eigenvalue weighted by Crippen LogP contribution is -2.19. The van der Waals surface area contributed by atoms with E-state index in [1.54, 1.807) is 0 Å². The highest BCUT2D eigenvalue weighted by Crippen LogP contribution is 2.37. The molecule has 0 aromatic rings. The minimum Gasteiger partial charge on any atom is -0.381 e. The molecule has 0 radical (unpaired) electrons. The maximum absolute atomic E-state index is 5.53. The number of hydrogen-bond donors (Lipinski definition) is 0. The molecule has 58 valence electrons. The summed E-state index contributed by atoms with van der Waals surface area (Å²) in [6.07, 6.45) is 4.65. The van der Waals surface area contributed by atoms with Gasteiger partial charge in [0.05, 0.1) is 12.2 Å². The zero-order chi connectivity index (χ0) is 6.97. The predicted molar refractivity (Wildman–Crippen MR) is 37.9 cm³/mol. The van der Waals surface area contributed by atoms with Gasteiger partial charge in [-0.05, 0) is 19.3 Å². The SMILES string of the molecule is CO[C@H]1CC[C@H]2OCC[C@@H]12. The van der Waals surface area contributed by atoms with Crippen molar-refractivity contribution in [2.45, 2.75) is 31.5 Å². The molecule has 3 atom stereocenters. The number of methoxy groups -OCH3 is 1. The van der Waals surface area contributed by atoms with Crippen molar-refractivity contribution in [1.82, 2.24) is 0 Å². The highest BCUT2D eigenvalue weighted by Gasteiger charge is 2.40. The van der Waals surface area contributed by atoms with E-state index in [9.17, 15) is 0 Å². The van der Waals surface area contributed by atoms with Crippen molar-refractivity contribution in [1.29, 1.82) is 0 Å². The van der Waals surface area contributed by atoms with Crippen molar-refractivity contribution in [2.75, 3.05) is 13.7 Å². The average molecular weight is 142 g/mol.